The second-order valence-electron chi connectivity index (χ2n) is 5.57. The largest absolute Gasteiger partial charge is 0.365 e. The van der Waals surface area contributed by atoms with Crippen LogP contribution in [-0.4, -0.2) is 17.6 Å². The molecule has 0 unspecified atom stereocenters. The molecule has 0 aliphatic heterocycles. The highest BCUT2D eigenvalue weighted by atomic mass is 35.5. The van der Waals surface area contributed by atoms with Gasteiger partial charge in [-0.2, -0.15) is 0 Å². The molecule has 2 aromatic rings. The van der Waals surface area contributed by atoms with Gasteiger partial charge in [-0.3, -0.25) is 9.59 Å². The fourth-order valence-electron chi connectivity index (χ4n) is 2.76. The molecule has 1 aromatic heterocycles. The molecule has 1 heterocycles. The van der Waals surface area contributed by atoms with Gasteiger partial charge >= 0.3 is 0 Å². The number of anilines is 1. The van der Waals surface area contributed by atoms with Crippen LogP contribution >= 0.6 is 34.7 Å². The second kappa shape index (κ2) is 7.59. The summed E-state index contributed by atoms with van der Waals surface area (Å²) in [6.07, 6.45) is 3.99. The molecule has 7 heteroatoms. The Morgan fingerprint density at radius 1 is 1.21 bits per heavy atom. The lowest BCUT2D eigenvalue weighted by Crippen LogP contribution is -2.19. The summed E-state index contributed by atoms with van der Waals surface area (Å²) < 4.78 is 0. The van der Waals surface area contributed by atoms with Crippen molar-refractivity contribution in [2.75, 3.05) is 11.1 Å². The van der Waals surface area contributed by atoms with E-state index in [0.717, 1.165) is 36.1 Å². The predicted molar refractivity (Wildman–Crippen MR) is 100 cm³/mol. The molecule has 24 heavy (non-hydrogen) atoms. The van der Waals surface area contributed by atoms with Gasteiger partial charge in [-0.1, -0.05) is 11.6 Å². The highest BCUT2D eigenvalue weighted by Gasteiger charge is 2.24. The molecule has 1 aliphatic rings. The van der Waals surface area contributed by atoms with E-state index in [1.54, 1.807) is 12.1 Å². The summed E-state index contributed by atoms with van der Waals surface area (Å²) in [4.78, 5) is 26.2. The maximum absolute atomic E-state index is 12.2. The summed E-state index contributed by atoms with van der Waals surface area (Å²) >= 11 is 8.75. The van der Waals surface area contributed by atoms with E-state index in [-0.39, 0.29) is 11.7 Å². The number of nitrogens with two attached hydrogens (primary N) is 1. The average Bonchev–Trinajstić information content (AvgIpc) is 2.92. The number of halogens is 1. The highest BCUT2D eigenvalue weighted by molar-refractivity contribution is 8.00. The molecule has 2 amide bonds. The lowest BCUT2D eigenvalue weighted by Gasteiger charge is -2.11. The van der Waals surface area contributed by atoms with Gasteiger partial charge in [0.25, 0.3) is 5.91 Å². The van der Waals surface area contributed by atoms with Crippen molar-refractivity contribution in [3.05, 3.63) is 45.3 Å². The van der Waals surface area contributed by atoms with Crippen molar-refractivity contribution >= 4 is 51.5 Å². The third-order valence-corrected chi connectivity index (χ3v) is 6.33. The van der Waals surface area contributed by atoms with Crippen LogP contribution in [0.3, 0.4) is 0 Å². The molecule has 126 valence electrons. The number of rotatable bonds is 5. The Hall–Kier alpha value is -1.50. The zero-order valence-corrected chi connectivity index (χ0v) is 15.3. The van der Waals surface area contributed by atoms with E-state index in [1.165, 1.54) is 28.0 Å². The SMILES string of the molecule is NC(=O)c1c(NC(=O)CSc2ccc(Cl)cc2)sc2c1CCCC2. The van der Waals surface area contributed by atoms with Gasteiger partial charge < -0.3 is 11.1 Å². The molecule has 3 rings (SSSR count). The molecule has 3 N–H and O–H groups in total. The quantitative estimate of drug-likeness (QED) is 0.766. The van der Waals surface area contributed by atoms with Gasteiger partial charge in [0.1, 0.15) is 5.00 Å². The molecule has 0 radical (unpaired) electrons. The van der Waals surface area contributed by atoms with Crippen LogP contribution in [0.15, 0.2) is 29.2 Å². The van der Waals surface area contributed by atoms with Gasteiger partial charge in [0, 0.05) is 14.8 Å². The summed E-state index contributed by atoms with van der Waals surface area (Å²) in [6.45, 7) is 0. The number of carbonyl (C=O) groups excluding carboxylic acids is 2. The van der Waals surface area contributed by atoms with Crippen LogP contribution in [-0.2, 0) is 17.6 Å². The van der Waals surface area contributed by atoms with Crippen LogP contribution in [0.4, 0.5) is 5.00 Å². The fraction of sp³-hybridized carbons (Fsp3) is 0.294. The van der Waals surface area contributed by atoms with Crippen LogP contribution in [0.5, 0.6) is 0 Å². The lowest BCUT2D eigenvalue weighted by atomic mass is 9.95. The van der Waals surface area contributed by atoms with Gasteiger partial charge in [0.05, 0.1) is 11.3 Å². The van der Waals surface area contributed by atoms with Crippen LogP contribution in [0.25, 0.3) is 0 Å². The Bertz CT molecular complexity index is 772. The van der Waals surface area contributed by atoms with Crippen molar-refractivity contribution < 1.29 is 9.59 Å². The first kappa shape index (κ1) is 17.3. The standard InChI is InChI=1S/C17H17ClN2O2S2/c18-10-5-7-11(8-6-10)23-9-14(21)20-17-15(16(19)22)12-3-1-2-4-13(12)24-17/h5-8H,1-4,9H2,(H2,19,22)(H,20,21). The number of hydrogen-bond acceptors (Lipinski definition) is 4. The molecule has 0 bridgehead atoms. The van der Waals surface area contributed by atoms with Gasteiger partial charge in [-0.25, -0.2) is 0 Å². The average molecular weight is 381 g/mol. The Labute approximate surface area is 153 Å². The maximum atomic E-state index is 12.2. The van der Waals surface area contributed by atoms with Crippen LogP contribution < -0.4 is 11.1 Å². The molecule has 0 saturated carbocycles. The zero-order valence-electron chi connectivity index (χ0n) is 12.9. The number of fused-ring (bicyclic) bond motifs is 1. The van der Waals surface area contributed by atoms with Crippen molar-refractivity contribution in [1.82, 2.24) is 0 Å². The first-order chi connectivity index (χ1) is 11.5. The molecule has 1 aliphatic carbocycles. The van der Waals surface area contributed by atoms with Gasteiger partial charge in [0.2, 0.25) is 5.91 Å². The molecule has 4 nitrogen and oxygen atoms in total. The van der Waals surface area contributed by atoms with Crippen molar-refractivity contribution in [2.45, 2.75) is 30.6 Å². The van der Waals surface area contributed by atoms with Crippen molar-refractivity contribution in [3.8, 4) is 0 Å². The van der Waals surface area contributed by atoms with E-state index in [1.807, 2.05) is 12.1 Å². The predicted octanol–water partition coefficient (Wildman–Crippen LogP) is 4.11. The zero-order chi connectivity index (χ0) is 17.1. The van der Waals surface area contributed by atoms with Crippen LogP contribution in [0.2, 0.25) is 5.02 Å². The second-order valence-corrected chi connectivity index (χ2v) is 8.16. The number of hydrogen-bond donors (Lipinski definition) is 2. The molecular weight excluding hydrogens is 364 g/mol. The normalized spacial score (nSPS) is 13.4. The van der Waals surface area contributed by atoms with E-state index < -0.39 is 5.91 Å². The minimum atomic E-state index is -0.463. The summed E-state index contributed by atoms with van der Waals surface area (Å²) in [5.74, 6) is -0.339. The third kappa shape index (κ3) is 3.94. The molecule has 0 atom stereocenters. The number of nitrogens with one attached hydrogen (secondary N) is 1. The lowest BCUT2D eigenvalue weighted by molar-refractivity contribution is -0.113. The molecule has 0 spiro atoms. The highest BCUT2D eigenvalue weighted by Crippen LogP contribution is 2.38. The van der Waals surface area contributed by atoms with E-state index in [0.29, 0.717) is 15.6 Å². The summed E-state index contributed by atoms with van der Waals surface area (Å²) in [6, 6.07) is 7.33. The van der Waals surface area contributed by atoms with E-state index >= 15 is 0 Å². The summed E-state index contributed by atoms with van der Waals surface area (Å²) in [5, 5.41) is 4.12. The summed E-state index contributed by atoms with van der Waals surface area (Å²) in [5.41, 5.74) is 7.06. The fourth-order valence-corrected chi connectivity index (χ4v) is 4.89. The Balaban J connectivity index is 1.69. The number of aryl methyl sites for hydroxylation is 1. The van der Waals surface area contributed by atoms with E-state index in [2.05, 4.69) is 5.32 Å². The minimum Gasteiger partial charge on any atom is -0.365 e. The molecular formula is C17H17ClN2O2S2. The maximum Gasteiger partial charge on any atom is 0.251 e. The molecule has 0 saturated heterocycles. The number of carbonyl (C=O) groups is 2. The van der Waals surface area contributed by atoms with Crippen LogP contribution in [0.1, 0.15) is 33.6 Å². The smallest absolute Gasteiger partial charge is 0.251 e. The molecule has 1 aromatic carbocycles. The third-order valence-electron chi connectivity index (χ3n) is 3.85. The number of thiophene rings is 1. The number of primary amides is 1. The topological polar surface area (TPSA) is 72.2 Å². The first-order valence-electron chi connectivity index (χ1n) is 7.67. The first-order valence-corrected chi connectivity index (χ1v) is 9.85. The van der Waals surface area contributed by atoms with E-state index in [9.17, 15) is 9.59 Å². The van der Waals surface area contributed by atoms with Crippen LogP contribution in [0, 0.1) is 0 Å². The van der Waals surface area contributed by atoms with Crippen molar-refractivity contribution in [2.24, 2.45) is 5.73 Å². The van der Waals surface area contributed by atoms with Crippen molar-refractivity contribution in [3.63, 3.8) is 0 Å². The van der Waals surface area contributed by atoms with Gasteiger partial charge in [-0.05, 0) is 55.5 Å². The van der Waals surface area contributed by atoms with Crippen molar-refractivity contribution in [1.29, 1.82) is 0 Å². The van der Waals surface area contributed by atoms with E-state index in [4.69, 9.17) is 17.3 Å². The Morgan fingerprint density at radius 2 is 1.92 bits per heavy atom. The number of thioether (sulfide) groups is 1. The Morgan fingerprint density at radius 3 is 2.62 bits per heavy atom. The summed E-state index contributed by atoms with van der Waals surface area (Å²) in [7, 11) is 0. The Kier molecular flexibility index (Phi) is 5.48. The number of benzene rings is 1. The van der Waals surface area contributed by atoms with Gasteiger partial charge in [-0.15, -0.1) is 23.1 Å². The monoisotopic (exact) mass is 380 g/mol. The number of amides is 2. The van der Waals surface area contributed by atoms with Gasteiger partial charge in [0.15, 0.2) is 0 Å². The minimum absolute atomic E-state index is 0.143. The molecule has 0 fully saturated rings.